The van der Waals surface area contributed by atoms with Crippen molar-refractivity contribution in [3.05, 3.63) is 94.5 Å². The van der Waals surface area contributed by atoms with E-state index in [1.165, 1.54) is 6.92 Å². The third-order valence-corrected chi connectivity index (χ3v) is 8.15. The number of carbonyl (C=O) groups is 2. The summed E-state index contributed by atoms with van der Waals surface area (Å²) in [7, 11) is 0. The number of imidazole rings is 1. The summed E-state index contributed by atoms with van der Waals surface area (Å²) in [4.78, 5) is 38.7. The number of aryl methyl sites for hydroxylation is 1. The van der Waals surface area contributed by atoms with Crippen molar-refractivity contribution in [3.63, 3.8) is 0 Å². The topological polar surface area (TPSA) is 90.9 Å². The molecule has 0 unspecified atom stereocenters. The Kier molecular flexibility index (Phi) is 6.84. The lowest BCUT2D eigenvalue weighted by Crippen LogP contribution is -2.39. The summed E-state index contributed by atoms with van der Waals surface area (Å²) in [6, 6.07) is 22.9. The Morgan fingerprint density at radius 1 is 0.900 bits per heavy atom. The summed E-state index contributed by atoms with van der Waals surface area (Å²) in [5.74, 6) is 0.263. The molecule has 2 heterocycles. The molecule has 0 spiro atoms. The highest BCUT2D eigenvalue weighted by atomic mass is 16.2. The molecular formula is C32H33N5O3. The predicted molar refractivity (Wildman–Crippen MR) is 156 cm³/mol. The first-order valence-electron chi connectivity index (χ1n) is 14.0. The van der Waals surface area contributed by atoms with Crippen LogP contribution in [0.15, 0.2) is 77.6 Å². The maximum Gasteiger partial charge on any atom is 0.333 e. The highest BCUT2D eigenvalue weighted by molar-refractivity contribution is 6.05. The van der Waals surface area contributed by atoms with Gasteiger partial charge in [0.15, 0.2) is 5.78 Å². The lowest BCUT2D eigenvalue weighted by Gasteiger charge is -2.29. The standard InChI is InChI=1S/C32H33N5O3/c1-3-36-30(26-8-4-5-9-27(26)34-36)31(39)33-24-16-12-22(13-17-24)20-35-28-10-6-7-11-29(28)37(32(35)40)25-18-14-23(15-19-25)21(2)38/h4-11,14-15,18-19,22,24H,3,12-13,16-17,20H2,1-2H3,(H,33,39). The van der Waals surface area contributed by atoms with Crippen LogP contribution in [0.25, 0.3) is 27.6 Å². The number of fused-ring (bicyclic) bond motifs is 2. The average Bonchev–Trinajstić information content (AvgIpc) is 3.49. The second-order valence-corrected chi connectivity index (χ2v) is 10.7. The average molecular weight is 536 g/mol. The van der Waals surface area contributed by atoms with Crippen molar-refractivity contribution in [1.82, 2.24) is 24.2 Å². The van der Waals surface area contributed by atoms with Crippen molar-refractivity contribution in [3.8, 4) is 5.69 Å². The first-order chi connectivity index (χ1) is 19.4. The van der Waals surface area contributed by atoms with Crippen LogP contribution in [0.2, 0.25) is 0 Å². The second-order valence-electron chi connectivity index (χ2n) is 10.7. The molecule has 1 N–H and O–H groups in total. The smallest absolute Gasteiger partial charge is 0.333 e. The van der Waals surface area contributed by atoms with Gasteiger partial charge in [0.25, 0.3) is 5.91 Å². The van der Waals surface area contributed by atoms with Gasteiger partial charge in [0.2, 0.25) is 0 Å². The zero-order chi connectivity index (χ0) is 27.8. The number of benzene rings is 3. The number of rotatable bonds is 7. The molecule has 3 aromatic carbocycles. The van der Waals surface area contributed by atoms with Crippen LogP contribution in [0.3, 0.4) is 0 Å². The minimum Gasteiger partial charge on any atom is -0.348 e. The first-order valence-corrected chi connectivity index (χ1v) is 14.0. The third kappa shape index (κ3) is 4.63. The van der Waals surface area contributed by atoms with Crippen LogP contribution in [0.1, 0.15) is 60.4 Å². The lowest BCUT2D eigenvalue weighted by molar-refractivity contribution is 0.0910. The van der Waals surface area contributed by atoms with Crippen molar-refractivity contribution >= 4 is 33.6 Å². The molecule has 8 nitrogen and oxygen atoms in total. The van der Waals surface area contributed by atoms with E-state index in [2.05, 4.69) is 10.4 Å². The second kappa shape index (κ2) is 10.6. The number of hydrogen-bond acceptors (Lipinski definition) is 4. The van der Waals surface area contributed by atoms with Crippen molar-refractivity contribution in [1.29, 1.82) is 0 Å². The molecule has 1 fully saturated rings. The largest absolute Gasteiger partial charge is 0.348 e. The predicted octanol–water partition coefficient (Wildman–Crippen LogP) is 5.35. The van der Waals surface area contributed by atoms with Crippen LogP contribution >= 0.6 is 0 Å². The van der Waals surface area contributed by atoms with Gasteiger partial charge in [-0.15, -0.1) is 0 Å². The monoisotopic (exact) mass is 535 g/mol. The van der Waals surface area contributed by atoms with Gasteiger partial charge >= 0.3 is 5.69 Å². The minimum atomic E-state index is -0.0769. The maximum atomic E-state index is 13.7. The zero-order valence-corrected chi connectivity index (χ0v) is 22.8. The number of nitrogens with one attached hydrogen (secondary N) is 1. The normalized spacial score (nSPS) is 17.4. The number of ketones is 1. The molecule has 40 heavy (non-hydrogen) atoms. The fraction of sp³-hybridized carbons (Fsp3) is 0.312. The number of amides is 1. The molecule has 2 aromatic heterocycles. The lowest BCUT2D eigenvalue weighted by atomic mass is 9.86. The number of aromatic nitrogens is 4. The van der Waals surface area contributed by atoms with Crippen LogP contribution in [0, 0.1) is 5.92 Å². The Labute approximate surface area is 232 Å². The zero-order valence-electron chi connectivity index (χ0n) is 22.8. The van der Waals surface area contributed by atoms with Gasteiger partial charge in [0.1, 0.15) is 5.69 Å². The molecule has 0 aliphatic heterocycles. The molecule has 0 radical (unpaired) electrons. The van der Waals surface area contributed by atoms with E-state index >= 15 is 0 Å². The fourth-order valence-electron chi connectivity index (χ4n) is 6.03. The van der Waals surface area contributed by atoms with Crippen LogP contribution in [-0.2, 0) is 13.1 Å². The number of Topliss-reactive ketones (excluding diaryl/α,β-unsaturated/α-hetero) is 1. The van der Waals surface area contributed by atoms with Crippen molar-refractivity contribution in [2.45, 2.75) is 58.7 Å². The summed E-state index contributed by atoms with van der Waals surface area (Å²) in [6.07, 6.45) is 3.60. The number of carbonyl (C=O) groups excluding carboxylic acids is 2. The number of para-hydroxylation sites is 2. The Balaban J connectivity index is 1.17. The first kappa shape index (κ1) is 25.8. The van der Waals surface area contributed by atoms with E-state index in [1.807, 2.05) is 72.2 Å². The van der Waals surface area contributed by atoms with Gasteiger partial charge in [-0.25, -0.2) is 4.79 Å². The minimum absolute atomic E-state index is 0.00235. The maximum absolute atomic E-state index is 13.7. The SMILES string of the molecule is CCn1nc2ccccc2c1C(=O)NC1CCC(Cn2c(=O)n(-c3ccc(C(C)=O)cc3)c3ccccc32)CC1. The van der Waals surface area contributed by atoms with Gasteiger partial charge in [0, 0.05) is 30.1 Å². The summed E-state index contributed by atoms with van der Waals surface area (Å²) in [5, 5.41) is 8.71. The molecule has 204 valence electrons. The Hall–Kier alpha value is -4.46. The highest BCUT2D eigenvalue weighted by Gasteiger charge is 2.27. The van der Waals surface area contributed by atoms with E-state index in [-0.39, 0.29) is 23.4 Å². The molecule has 1 aliphatic carbocycles. The molecule has 0 saturated heterocycles. The Morgan fingerprint density at radius 2 is 1.57 bits per heavy atom. The van der Waals surface area contributed by atoms with Gasteiger partial charge in [0.05, 0.1) is 22.2 Å². The summed E-state index contributed by atoms with van der Waals surface area (Å²) in [6.45, 7) is 4.79. The van der Waals surface area contributed by atoms with E-state index in [1.54, 1.807) is 21.4 Å². The van der Waals surface area contributed by atoms with E-state index < -0.39 is 0 Å². The third-order valence-electron chi connectivity index (χ3n) is 8.15. The van der Waals surface area contributed by atoms with Crippen LogP contribution in [0.5, 0.6) is 0 Å². The molecule has 1 aliphatic rings. The molecule has 6 rings (SSSR count). The van der Waals surface area contributed by atoms with Gasteiger partial charge < -0.3 is 5.32 Å². The van der Waals surface area contributed by atoms with Gasteiger partial charge in [-0.2, -0.15) is 5.10 Å². The van der Waals surface area contributed by atoms with Crippen LogP contribution in [-0.4, -0.2) is 36.6 Å². The fourth-order valence-corrected chi connectivity index (χ4v) is 6.03. The van der Waals surface area contributed by atoms with E-state index in [0.29, 0.717) is 30.3 Å². The molecule has 1 saturated carbocycles. The summed E-state index contributed by atoms with van der Waals surface area (Å²) < 4.78 is 5.39. The molecule has 0 atom stereocenters. The molecule has 0 bridgehead atoms. The van der Waals surface area contributed by atoms with Gasteiger partial charge in [-0.05, 0) is 87.9 Å². The van der Waals surface area contributed by atoms with Crippen molar-refractivity contribution < 1.29 is 9.59 Å². The highest BCUT2D eigenvalue weighted by Crippen LogP contribution is 2.28. The number of nitrogens with zero attached hydrogens (tertiary/aromatic N) is 4. The molecule has 5 aromatic rings. The summed E-state index contributed by atoms with van der Waals surface area (Å²) in [5.41, 5.74) is 4.49. The van der Waals surface area contributed by atoms with Gasteiger partial charge in [-0.1, -0.05) is 30.3 Å². The quantitative estimate of drug-likeness (QED) is 0.284. The van der Waals surface area contributed by atoms with E-state index in [0.717, 1.165) is 53.3 Å². The molecular weight excluding hydrogens is 502 g/mol. The van der Waals surface area contributed by atoms with Crippen molar-refractivity contribution in [2.75, 3.05) is 0 Å². The Bertz CT molecular complexity index is 1770. The van der Waals surface area contributed by atoms with Crippen LogP contribution < -0.4 is 11.0 Å². The summed E-state index contributed by atoms with van der Waals surface area (Å²) >= 11 is 0. The van der Waals surface area contributed by atoms with Crippen LogP contribution in [0.4, 0.5) is 0 Å². The van der Waals surface area contributed by atoms with Gasteiger partial charge in [-0.3, -0.25) is 23.4 Å². The molecule has 1 amide bonds. The number of hydrogen-bond donors (Lipinski definition) is 1. The van der Waals surface area contributed by atoms with Crippen molar-refractivity contribution in [2.24, 2.45) is 5.92 Å². The van der Waals surface area contributed by atoms with E-state index in [9.17, 15) is 14.4 Å². The Morgan fingerprint density at radius 3 is 2.27 bits per heavy atom. The van der Waals surface area contributed by atoms with E-state index in [4.69, 9.17) is 0 Å². The molecule has 8 heteroatoms.